The predicted octanol–water partition coefficient (Wildman–Crippen LogP) is 0.997. The Labute approximate surface area is 80.5 Å². The first-order valence-electron chi connectivity index (χ1n) is 5.03. The van der Waals surface area contributed by atoms with Gasteiger partial charge < -0.3 is 10.2 Å². The summed E-state index contributed by atoms with van der Waals surface area (Å²) in [6.45, 7) is 6.02. The molecule has 76 valence electrons. The van der Waals surface area contributed by atoms with Crippen LogP contribution in [0.3, 0.4) is 0 Å². The quantitative estimate of drug-likeness (QED) is 0.709. The Bertz CT molecular complexity index is 189. The Morgan fingerprint density at radius 2 is 2.15 bits per heavy atom. The first kappa shape index (κ1) is 10.5. The molecule has 0 aliphatic carbocycles. The number of hydrogen-bond acceptors (Lipinski definition) is 2. The van der Waals surface area contributed by atoms with Gasteiger partial charge in [0.15, 0.2) is 0 Å². The maximum absolute atomic E-state index is 11.6. The molecule has 3 heteroatoms. The van der Waals surface area contributed by atoms with Crippen LogP contribution < -0.4 is 5.32 Å². The summed E-state index contributed by atoms with van der Waals surface area (Å²) in [4.78, 5) is 13.6. The molecule has 0 aromatic carbocycles. The highest BCUT2D eigenvalue weighted by molar-refractivity contribution is 5.77. The first-order valence-corrected chi connectivity index (χ1v) is 5.03. The standard InChI is InChI=1S/C10H20N2O/c1-10(2,8-11-3)12-7-5-4-6-9(12)13/h11H,4-8H2,1-3H3. The highest BCUT2D eigenvalue weighted by Gasteiger charge is 2.31. The Balaban J connectivity index is 2.61. The van der Waals surface area contributed by atoms with Gasteiger partial charge in [-0.05, 0) is 33.7 Å². The molecule has 0 saturated carbocycles. The summed E-state index contributed by atoms with van der Waals surface area (Å²) in [5.41, 5.74) is -0.0355. The monoisotopic (exact) mass is 184 g/mol. The smallest absolute Gasteiger partial charge is 0.223 e. The molecule has 0 spiro atoms. The lowest BCUT2D eigenvalue weighted by atomic mass is 9.98. The van der Waals surface area contributed by atoms with Gasteiger partial charge in [0, 0.05) is 25.0 Å². The fraction of sp³-hybridized carbons (Fsp3) is 0.900. The van der Waals surface area contributed by atoms with Crippen LogP contribution in [0.15, 0.2) is 0 Å². The van der Waals surface area contributed by atoms with Crippen LogP contribution in [-0.4, -0.2) is 36.5 Å². The van der Waals surface area contributed by atoms with Gasteiger partial charge in [0.05, 0.1) is 0 Å². The number of likely N-dealkylation sites (tertiary alicyclic amines) is 1. The highest BCUT2D eigenvalue weighted by Crippen LogP contribution is 2.20. The van der Waals surface area contributed by atoms with E-state index in [0.717, 1.165) is 32.4 Å². The van der Waals surface area contributed by atoms with Crippen LogP contribution in [0.5, 0.6) is 0 Å². The minimum absolute atomic E-state index is 0.0355. The van der Waals surface area contributed by atoms with Gasteiger partial charge in [-0.1, -0.05) is 0 Å². The number of nitrogens with zero attached hydrogens (tertiary/aromatic N) is 1. The molecule has 1 N–H and O–H groups in total. The van der Waals surface area contributed by atoms with E-state index in [-0.39, 0.29) is 5.54 Å². The average Bonchev–Trinajstić information content (AvgIpc) is 2.04. The Hall–Kier alpha value is -0.570. The number of rotatable bonds is 3. The molecular formula is C10H20N2O. The lowest BCUT2D eigenvalue weighted by molar-refractivity contribution is -0.138. The molecule has 0 radical (unpaired) electrons. The molecule has 1 saturated heterocycles. The van der Waals surface area contributed by atoms with Crippen LogP contribution in [0, 0.1) is 0 Å². The third-order valence-electron chi connectivity index (χ3n) is 2.66. The second-order valence-corrected chi connectivity index (χ2v) is 4.35. The number of carbonyl (C=O) groups is 1. The molecular weight excluding hydrogens is 164 g/mol. The van der Waals surface area contributed by atoms with Crippen LogP contribution in [0.2, 0.25) is 0 Å². The van der Waals surface area contributed by atoms with E-state index in [4.69, 9.17) is 0 Å². The summed E-state index contributed by atoms with van der Waals surface area (Å²) in [7, 11) is 1.93. The van der Waals surface area contributed by atoms with E-state index >= 15 is 0 Å². The number of piperidine rings is 1. The lowest BCUT2D eigenvalue weighted by Crippen LogP contribution is -2.54. The van der Waals surface area contributed by atoms with Gasteiger partial charge in [-0.3, -0.25) is 4.79 Å². The number of amides is 1. The number of hydrogen-bond donors (Lipinski definition) is 1. The normalized spacial score (nSPS) is 19.3. The van der Waals surface area contributed by atoms with Gasteiger partial charge in [0.25, 0.3) is 0 Å². The number of carbonyl (C=O) groups excluding carboxylic acids is 1. The summed E-state index contributed by atoms with van der Waals surface area (Å²) in [6, 6.07) is 0. The van der Waals surface area contributed by atoms with Crippen molar-refractivity contribution in [3.8, 4) is 0 Å². The van der Waals surface area contributed by atoms with E-state index in [1.807, 2.05) is 11.9 Å². The third-order valence-corrected chi connectivity index (χ3v) is 2.66. The molecule has 13 heavy (non-hydrogen) atoms. The predicted molar refractivity (Wildman–Crippen MR) is 53.6 cm³/mol. The van der Waals surface area contributed by atoms with Crippen LogP contribution in [-0.2, 0) is 4.79 Å². The van der Waals surface area contributed by atoms with E-state index in [0.29, 0.717) is 5.91 Å². The Morgan fingerprint density at radius 1 is 1.46 bits per heavy atom. The second-order valence-electron chi connectivity index (χ2n) is 4.35. The SMILES string of the molecule is CNCC(C)(C)N1CCCCC1=O. The van der Waals surface area contributed by atoms with E-state index in [1.54, 1.807) is 0 Å². The highest BCUT2D eigenvalue weighted by atomic mass is 16.2. The van der Waals surface area contributed by atoms with E-state index in [9.17, 15) is 4.79 Å². The van der Waals surface area contributed by atoms with Crippen molar-refractivity contribution in [1.29, 1.82) is 0 Å². The van der Waals surface area contributed by atoms with Crippen LogP contribution in [0.1, 0.15) is 33.1 Å². The fourth-order valence-electron chi connectivity index (χ4n) is 1.97. The summed E-state index contributed by atoms with van der Waals surface area (Å²) in [5.74, 6) is 0.312. The Kier molecular flexibility index (Phi) is 3.31. The van der Waals surface area contributed by atoms with Gasteiger partial charge in [-0.25, -0.2) is 0 Å². The van der Waals surface area contributed by atoms with E-state index < -0.39 is 0 Å². The zero-order valence-corrected chi connectivity index (χ0v) is 8.89. The van der Waals surface area contributed by atoms with Crippen molar-refractivity contribution in [2.45, 2.75) is 38.6 Å². The van der Waals surface area contributed by atoms with E-state index in [1.165, 1.54) is 0 Å². The first-order chi connectivity index (χ1) is 6.08. The van der Waals surface area contributed by atoms with Crippen molar-refractivity contribution in [2.24, 2.45) is 0 Å². The number of nitrogens with one attached hydrogen (secondary N) is 1. The average molecular weight is 184 g/mol. The molecule has 0 bridgehead atoms. The Morgan fingerprint density at radius 3 is 2.69 bits per heavy atom. The van der Waals surface area contributed by atoms with Crippen molar-refractivity contribution >= 4 is 5.91 Å². The zero-order chi connectivity index (χ0) is 9.90. The van der Waals surface area contributed by atoms with Crippen molar-refractivity contribution in [2.75, 3.05) is 20.1 Å². The minimum Gasteiger partial charge on any atom is -0.336 e. The summed E-state index contributed by atoms with van der Waals surface area (Å²) >= 11 is 0. The van der Waals surface area contributed by atoms with Gasteiger partial charge in [0.2, 0.25) is 5.91 Å². The molecule has 0 unspecified atom stereocenters. The molecule has 1 fully saturated rings. The van der Waals surface area contributed by atoms with Crippen molar-refractivity contribution < 1.29 is 4.79 Å². The van der Waals surface area contributed by atoms with Gasteiger partial charge in [0.1, 0.15) is 0 Å². The molecule has 1 rings (SSSR count). The van der Waals surface area contributed by atoms with Gasteiger partial charge in [-0.2, -0.15) is 0 Å². The molecule has 1 heterocycles. The number of likely N-dealkylation sites (N-methyl/N-ethyl adjacent to an activating group) is 1. The molecule has 1 aliphatic heterocycles. The summed E-state index contributed by atoms with van der Waals surface area (Å²) < 4.78 is 0. The molecule has 1 aliphatic rings. The van der Waals surface area contributed by atoms with E-state index in [2.05, 4.69) is 19.2 Å². The fourth-order valence-corrected chi connectivity index (χ4v) is 1.97. The summed E-state index contributed by atoms with van der Waals surface area (Å²) in [6.07, 6.45) is 2.94. The largest absolute Gasteiger partial charge is 0.336 e. The lowest BCUT2D eigenvalue weighted by Gasteiger charge is -2.41. The van der Waals surface area contributed by atoms with Crippen molar-refractivity contribution in [3.05, 3.63) is 0 Å². The van der Waals surface area contributed by atoms with Crippen molar-refractivity contribution in [1.82, 2.24) is 10.2 Å². The second kappa shape index (κ2) is 4.09. The van der Waals surface area contributed by atoms with Crippen LogP contribution in [0.4, 0.5) is 0 Å². The zero-order valence-electron chi connectivity index (χ0n) is 8.89. The summed E-state index contributed by atoms with van der Waals surface area (Å²) in [5, 5.41) is 3.13. The molecule has 0 atom stereocenters. The van der Waals surface area contributed by atoms with Crippen molar-refractivity contribution in [3.63, 3.8) is 0 Å². The molecule has 1 amide bonds. The molecule has 0 aromatic heterocycles. The maximum atomic E-state index is 11.6. The van der Waals surface area contributed by atoms with Gasteiger partial charge >= 0.3 is 0 Å². The molecule has 0 aromatic rings. The van der Waals surface area contributed by atoms with Crippen LogP contribution in [0.25, 0.3) is 0 Å². The minimum atomic E-state index is -0.0355. The molecule has 3 nitrogen and oxygen atoms in total. The third kappa shape index (κ3) is 2.44. The topological polar surface area (TPSA) is 32.3 Å². The maximum Gasteiger partial charge on any atom is 0.223 e. The van der Waals surface area contributed by atoms with Crippen LogP contribution >= 0.6 is 0 Å². The van der Waals surface area contributed by atoms with Gasteiger partial charge in [-0.15, -0.1) is 0 Å².